The first-order valence-corrected chi connectivity index (χ1v) is 4.98. The summed E-state index contributed by atoms with van der Waals surface area (Å²) in [5.41, 5.74) is -1.33. The summed E-state index contributed by atoms with van der Waals surface area (Å²) in [6.07, 6.45) is -3.58. The summed E-state index contributed by atoms with van der Waals surface area (Å²) in [5, 5.41) is 28.1. The Morgan fingerprint density at radius 3 is 2.59 bits per heavy atom. The maximum absolute atomic E-state index is 11.4. The molecule has 0 aliphatic carbocycles. The molecule has 8 heteroatoms. The van der Waals surface area contributed by atoms with E-state index in [-0.39, 0.29) is 0 Å². The topological polar surface area (TPSA) is 125 Å². The second kappa shape index (κ2) is 4.41. The molecule has 1 aliphatic heterocycles. The van der Waals surface area contributed by atoms with Crippen molar-refractivity contribution >= 4 is 0 Å². The number of aliphatic hydroxyl groups is 3. The van der Waals surface area contributed by atoms with Gasteiger partial charge in [0.15, 0.2) is 6.23 Å². The molecule has 8 nitrogen and oxygen atoms in total. The Balaban J connectivity index is 2.35. The standard InChI is InChI=1S/C9H12N2O6/c12-3-4-6(14)7(15)8(17-4)11-2-1-5(13)10-9(11)16/h1-2,4,6-8,12,14-15H,3H2,(H,10,13,16)/t4-,6-,7-,8-/m1/s1/i6+1. The lowest BCUT2D eigenvalue weighted by atomic mass is 10.4. The molecule has 0 aromatic carbocycles. The van der Waals surface area contributed by atoms with Gasteiger partial charge in [-0.25, -0.2) is 4.79 Å². The molecule has 2 rings (SSSR count). The van der Waals surface area contributed by atoms with Crippen LogP contribution in [0.4, 0.5) is 0 Å². The average molecular weight is 245 g/mol. The van der Waals surface area contributed by atoms with Gasteiger partial charge in [-0.05, 0) is 0 Å². The van der Waals surface area contributed by atoms with E-state index in [1.54, 1.807) is 0 Å². The summed E-state index contributed by atoms with van der Waals surface area (Å²) in [6, 6.07) is 1.09. The number of hydrogen-bond acceptors (Lipinski definition) is 6. The Hall–Kier alpha value is -1.48. The lowest BCUT2D eigenvalue weighted by molar-refractivity contribution is -0.0550. The quantitative estimate of drug-likeness (QED) is 0.416. The van der Waals surface area contributed by atoms with Gasteiger partial charge >= 0.3 is 5.69 Å². The van der Waals surface area contributed by atoms with Gasteiger partial charge in [-0.2, -0.15) is 0 Å². The van der Waals surface area contributed by atoms with E-state index in [1.807, 2.05) is 4.98 Å². The molecule has 4 atom stereocenters. The predicted octanol–water partition coefficient (Wildman–Crippen LogP) is -2.85. The maximum atomic E-state index is 11.4. The molecule has 0 radical (unpaired) electrons. The molecule has 2 heterocycles. The SMILES string of the molecule is O=c1ccn([C@@H]2O[C@H](CO)[13C@@H](O)[C@H]2O)c(=O)[nH]1. The number of nitrogens with zero attached hydrogens (tertiary/aromatic N) is 1. The van der Waals surface area contributed by atoms with Crippen LogP contribution in [0.1, 0.15) is 6.23 Å². The fourth-order valence-corrected chi connectivity index (χ4v) is 1.74. The zero-order chi connectivity index (χ0) is 12.6. The normalized spacial score (nSPS) is 32.9. The van der Waals surface area contributed by atoms with Crippen LogP contribution in [-0.2, 0) is 4.74 Å². The van der Waals surface area contributed by atoms with Crippen molar-refractivity contribution in [1.82, 2.24) is 9.55 Å². The van der Waals surface area contributed by atoms with E-state index in [2.05, 4.69) is 0 Å². The number of aromatic amines is 1. The van der Waals surface area contributed by atoms with Gasteiger partial charge < -0.3 is 20.1 Å². The third-order valence-electron chi connectivity index (χ3n) is 2.64. The number of H-pyrrole nitrogens is 1. The van der Waals surface area contributed by atoms with Crippen molar-refractivity contribution in [3.8, 4) is 0 Å². The van der Waals surface area contributed by atoms with E-state index < -0.39 is 42.4 Å². The molecule has 4 N–H and O–H groups in total. The Morgan fingerprint density at radius 2 is 2.06 bits per heavy atom. The molecular weight excluding hydrogens is 233 g/mol. The summed E-state index contributed by atoms with van der Waals surface area (Å²) in [4.78, 5) is 24.3. The van der Waals surface area contributed by atoms with Gasteiger partial charge in [0.1, 0.15) is 18.3 Å². The summed E-state index contributed by atoms with van der Waals surface area (Å²) >= 11 is 0. The first-order valence-electron chi connectivity index (χ1n) is 4.98. The fourth-order valence-electron chi connectivity index (χ4n) is 1.74. The zero-order valence-electron chi connectivity index (χ0n) is 8.68. The summed E-state index contributed by atoms with van der Waals surface area (Å²) < 4.78 is 6.08. The number of aromatic nitrogens is 2. The number of rotatable bonds is 2. The van der Waals surface area contributed by atoms with Gasteiger partial charge in [0, 0.05) is 12.3 Å². The van der Waals surface area contributed by atoms with Crippen LogP contribution < -0.4 is 11.2 Å². The molecule has 0 bridgehead atoms. The predicted molar refractivity (Wildman–Crippen MR) is 54.3 cm³/mol. The molecule has 1 saturated heterocycles. The highest BCUT2D eigenvalue weighted by Gasteiger charge is 2.43. The number of aliphatic hydroxyl groups excluding tert-OH is 3. The smallest absolute Gasteiger partial charge is 0.330 e. The molecular formula is C9H12N2O6. The van der Waals surface area contributed by atoms with Crippen LogP contribution in [0.2, 0.25) is 0 Å². The van der Waals surface area contributed by atoms with Crippen molar-refractivity contribution in [2.24, 2.45) is 0 Å². The van der Waals surface area contributed by atoms with Crippen molar-refractivity contribution in [3.63, 3.8) is 0 Å². The van der Waals surface area contributed by atoms with Gasteiger partial charge in [0.2, 0.25) is 0 Å². The van der Waals surface area contributed by atoms with Crippen LogP contribution in [0, 0.1) is 0 Å². The minimum absolute atomic E-state index is 0.479. The number of nitrogens with one attached hydrogen (secondary N) is 1. The lowest BCUT2D eigenvalue weighted by Gasteiger charge is -2.16. The van der Waals surface area contributed by atoms with E-state index >= 15 is 0 Å². The van der Waals surface area contributed by atoms with Gasteiger partial charge in [-0.3, -0.25) is 14.3 Å². The maximum Gasteiger partial charge on any atom is 0.330 e. The van der Waals surface area contributed by atoms with E-state index in [0.29, 0.717) is 0 Å². The summed E-state index contributed by atoms with van der Waals surface area (Å²) in [5.74, 6) is 0. The van der Waals surface area contributed by atoms with Crippen molar-refractivity contribution < 1.29 is 20.1 Å². The van der Waals surface area contributed by atoms with Crippen LogP contribution in [0.25, 0.3) is 0 Å². The van der Waals surface area contributed by atoms with Crippen molar-refractivity contribution in [3.05, 3.63) is 33.1 Å². The zero-order valence-corrected chi connectivity index (χ0v) is 8.68. The first kappa shape index (κ1) is 12.0. The largest absolute Gasteiger partial charge is 0.394 e. The summed E-state index contributed by atoms with van der Waals surface area (Å²) in [7, 11) is 0. The fraction of sp³-hybridized carbons (Fsp3) is 0.556. The van der Waals surface area contributed by atoms with Crippen LogP contribution in [0.15, 0.2) is 21.9 Å². The molecule has 17 heavy (non-hydrogen) atoms. The van der Waals surface area contributed by atoms with Gasteiger partial charge in [0.05, 0.1) is 6.61 Å². The molecule has 1 aromatic rings. The monoisotopic (exact) mass is 245 g/mol. The van der Waals surface area contributed by atoms with Crippen LogP contribution in [-0.4, -0.2) is 49.8 Å². The van der Waals surface area contributed by atoms with E-state index in [9.17, 15) is 19.8 Å². The Labute approximate surface area is 94.7 Å². The highest BCUT2D eigenvalue weighted by Crippen LogP contribution is 2.27. The molecule has 0 amide bonds. The van der Waals surface area contributed by atoms with Crippen LogP contribution in [0.3, 0.4) is 0 Å². The molecule has 0 unspecified atom stereocenters. The lowest BCUT2D eigenvalue weighted by Crippen LogP contribution is -2.37. The van der Waals surface area contributed by atoms with Gasteiger partial charge in [-0.15, -0.1) is 0 Å². The molecule has 1 aliphatic rings. The Morgan fingerprint density at radius 1 is 1.35 bits per heavy atom. The highest BCUT2D eigenvalue weighted by atomic mass is 16.6. The Bertz CT molecular complexity index is 509. The number of hydrogen-bond donors (Lipinski definition) is 4. The van der Waals surface area contributed by atoms with Gasteiger partial charge in [-0.1, -0.05) is 0 Å². The van der Waals surface area contributed by atoms with Crippen LogP contribution >= 0.6 is 0 Å². The van der Waals surface area contributed by atoms with Crippen molar-refractivity contribution in [2.45, 2.75) is 24.5 Å². The minimum Gasteiger partial charge on any atom is -0.394 e. The molecule has 0 spiro atoms. The van der Waals surface area contributed by atoms with E-state index in [4.69, 9.17) is 9.84 Å². The van der Waals surface area contributed by atoms with E-state index in [0.717, 1.165) is 16.8 Å². The number of ether oxygens (including phenoxy) is 1. The molecule has 94 valence electrons. The molecule has 0 saturated carbocycles. The van der Waals surface area contributed by atoms with E-state index in [1.165, 1.54) is 0 Å². The highest BCUT2D eigenvalue weighted by molar-refractivity contribution is 4.92. The molecule has 1 aromatic heterocycles. The third-order valence-corrected chi connectivity index (χ3v) is 2.64. The van der Waals surface area contributed by atoms with Gasteiger partial charge in [0.25, 0.3) is 5.56 Å². The summed E-state index contributed by atoms with van der Waals surface area (Å²) in [6.45, 7) is -0.479. The second-order valence-corrected chi connectivity index (χ2v) is 3.75. The van der Waals surface area contributed by atoms with Crippen molar-refractivity contribution in [2.75, 3.05) is 6.61 Å². The van der Waals surface area contributed by atoms with Crippen LogP contribution in [0.5, 0.6) is 0 Å². The first-order chi connectivity index (χ1) is 8.04. The second-order valence-electron chi connectivity index (χ2n) is 3.75. The average Bonchev–Trinajstić information content (AvgIpc) is 2.57. The van der Waals surface area contributed by atoms with Crippen molar-refractivity contribution in [1.29, 1.82) is 0 Å². The minimum atomic E-state index is -1.35. The molecule has 1 fully saturated rings. The Kier molecular flexibility index (Phi) is 3.11. The third kappa shape index (κ3) is 2.03.